The molecule has 1 heterocycles. The van der Waals surface area contributed by atoms with Crippen LogP contribution in [0.5, 0.6) is 0 Å². The van der Waals surface area contributed by atoms with Crippen molar-refractivity contribution in [1.29, 1.82) is 0 Å². The Bertz CT molecular complexity index is 687. The number of thiocarbonyl (C=S) groups is 1. The molecule has 1 saturated carbocycles. The predicted molar refractivity (Wildman–Crippen MR) is 101 cm³/mol. The van der Waals surface area contributed by atoms with Crippen LogP contribution in [0.1, 0.15) is 42.5 Å². The highest BCUT2D eigenvalue weighted by Gasteiger charge is 2.27. The zero-order valence-corrected chi connectivity index (χ0v) is 15.4. The normalized spacial score (nSPS) is 19.6. The Morgan fingerprint density at radius 3 is 2.73 bits per heavy atom. The molecule has 140 valence electrons. The van der Waals surface area contributed by atoms with E-state index in [0.717, 1.165) is 26.0 Å². The zero-order chi connectivity index (χ0) is 18.5. The van der Waals surface area contributed by atoms with E-state index in [0.29, 0.717) is 17.6 Å². The Labute approximate surface area is 157 Å². The molecule has 2 fully saturated rings. The Kier molecular flexibility index (Phi) is 6.16. The van der Waals surface area contributed by atoms with Crippen LogP contribution in [-0.4, -0.2) is 46.6 Å². The van der Waals surface area contributed by atoms with Crippen molar-refractivity contribution in [1.82, 2.24) is 10.2 Å². The molecule has 1 amide bonds. The molecule has 1 aliphatic heterocycles. The second-order valence-electron chi connectivity index (χ2n) is 6.90. The van der Waals surface area contributed by atoms with Gasteiger partial charge < -0.3 is 9.64 Å². The number of hydrogen-bond acceptors (Lipinski definition) is 5. The lowest BCUT2D eigenvalue weighted by Crippen LogP contribution is -2.48. The number of ether oxygens (including phenoxy) is 1. The fourth-order valence-corrected chi connectivity index (χ4v) is 3.51. The fraction of sp³-hybridized carbons (Fsp3) is 0.556. The van der Waals surface area contributed by atoms with E-state index >= 15 is 0 Å². The summed E-state index contributed by atoms with van der Waals surface area (Å²) in [5.41, 5.74) is 0.108. The molecule has 1 saturated heterocycles. The Morgan fingerprint density at radius 2 is 2.12 bits per heavy atom. The lowest BCUT2D eigenvalue weighted by molar-refractivity contribution is -0.384. The van der Waals surface area contributed by atoms with Crippen LogP contribution in [0.4, 0.5) is 5.69 Å². The fourth-order valence-electron chi connectivity index (χ4n) is 3.27. The Morgan fingerprint density at radius 1 is 1.31 bits per heavy atom. The quantitative estimate of drug-likeness (QED) is 0.466. The van der Waals surface area contributed by atoms with Gasteiger partial charge in [0, 0.05) is 37.4 Å². The van der Waals surface area contributed by atoms with Crippen molar-refractivity contribution < 1.29 is 14.5 Å². The van der Waals surface area contributed by atoms with Crippen molar-refractivity contribution in [2.45, 2.75) is 38.2 Å². The lowest BCUT2D eigenvalue weighted by atomic mass is 9.85. The summed E-state index contributed by atoms with van der Waals surface area (Å²) in [5.74, 6) is 0.175. The first-order chi connectivity index (χ1) is 12.5. The van der Waals surface area contributed by atoms with Crippen LogP contribution in [0, 0.1) is 16.0 Å². The molecule has 1 aromatic rings. The number of nitro groups is 1. The summed E-state index contributed by atoms with van der Waals surface area (Å²) in [6, 6.07) is 5.65. The monoisotopic (exact) mass is 377 g/mol. The molecule has 26 heavy (non-hydrogen) atoms. The third-order valence-corrected chi connectivity index (χ3v) is 5.34. The van der Waals surface area contributed by atoms with E-state index in [2.05, 4.69) is 5.32 Å². The highest BCUT2D eigenvalue weighted by Crippen LogP contribution is 2.27. The minimum Gasteiger partial charge on any atom is -0.376 e. The molecule has 7 nitrogen and oxygen atoms in total. The number of hydrogen-bond donors (Lipinski definition) is 1. The largest absolute Gasteiger partial charge is 0.376 e. The SMILES string of the molecule is O=C(NC(=S)N(CC1CCC1)C[C@H]1CCCO1)c1cccc([N+](=O)[O-])c1. The summed E-state index contributed by atoms with van der Waals surface area (Å²) in [7, 11) is 0. The summed E-state index contributed by atoms with van der Waals surface area (Å²) in [5, 5.41) is 14.0. The van der Waals surface area contributed by atoms with Gasteiger partial charge in [-0.1, -0.05) is 12.5 Å². The number of rotatable bonds is 6. The van der Waals surface area contributed by atoms with E-state index in [4.69, 9.17) is 17.0 Å². The average Bonchev–Trinajstić information content (AvgIpc) is 3.10. The van der Waals surface area contributed by atoms with Gasteiger partial charge in [0.15, 0.2) is 5.11 Å². The van der Waals surface area contributed by atoms with E-state index in [-0.39, 0.29) is 17.4 Å². The molecule has 0 aromatic heterocycles. The highest BCUT2D eigenvalue weighted by atomic mass is 32.1. The van der Waals surface area contributed by atoms with Crippen molar-refractivity contribution in [3.8, 4) is 0 Å². The summed E-state index contributed by atoms with van der Waals surface area (Å²) >= 11 is 5.47. The van der Waals surface area contributed by atoms with Crippen LogP contribution in [-0.2, 0) is 4.74 Å². The molecule has 8 heteroatoms. The summed E-state index contributed by atoms with van der Waals surface area (Å²) in [6.45, 7) is 2.26. The minimum atomic E-state index is -0.518. The second kappa shape index (κ2) is 8.55. The number of benzene rings is 1. The van der Waals surface area contributed by atoms with Crippen molar-refractivity contribution in [2.24, 2.45) is 5.92 Å². The molecular weight excluding hydrogens is 354 g/mol. The van der Waals surface area contributed by atoms with E-state index in [1.165, 1.54) is 37.5 Å². The van der Waals surface area contributed by atoms with E-state index in [9.17, 15) is 14.9 Å². The predicted octanol–water partition coefficient (Wildman–Crippen LogP) is 2.89. The summed E-state index contributed by atoms with van der Waals surface area (Å²) < 4.78 is 5.71. The smallest absolute Gasteiger partial charge is 0.270 e. The van der Waals surface area contributed by atoms with Gasteiger partial charge in [-0.3, -0.25) is 20.2 Å². The molecule has 3 rings (SSSR count). The van der Waals surface area contributed by atoms with E-state index < -0.39 is 10.8 Å². The highest BCUT2D eigenvalue weighted by molar-refractivity contribution is 7.80. The molecule has 1 atom stereocenters. The average molecular weight is 377 g/mol. The zero-order valence-electron chi connectivity index (χ0n) is 14.6. The van der Waals surface area contributed by atoms with Crippen LogP contribution in [0.2, 0.25) is 0 Å². The maximum atomic E-state index is 12.5. The number of amides is 1. The van der Waals surface area contributed by atoms with Crippen LogP contribution in [0.3, 0.4) is 0 Å². The maximum absolute atomic E-state index is 12.5. The number of carbonyl (C=O) groups is 1. The van der Waals surface area contributed by atoms with E-state index in [1.807, 2.05) is 4.90 Å². The lowest BCUT2D eigenvalue weighted by Gasteiger charge is -2.35. The third-order valence-electron chi connectivity index (χ3n) is 4.98. The number of nitro benzene ring substituents is 1. The molecule has 0 bridgehead atoms. The van der Waals surface area contributed by atoms with Crippen molar-refractivity contribution in [2.75, 3.05) is 19.7 Å². The van der Waals surface area contributed by atoms with Crippen LogP contribution >= 0.6 is 12.2 Å². The number of non-ortho nitro benzene ring substituents is 1. The standard InChI is InChI=1S/C18H23N3O4S/c22-17(14-6-2-7-15(10-14)21(23)24)19-18(26)20(11-13-4-1-5-13)12-16-8-3-9-25-16/h2,6-7,10,13,16H,1,3-5,8-9,11-12H2,(H,19,22,26)/t16-/m1/s1. The molecular formula is C18H23N3O4S. The topological polar surface area (TPSA) is 84.7 Å². The van der Waals surface area contributed by atoms with Gasteiger partial charge in [-0.15, -0.1) is 0 Å². The number of nitrogens with zero attached hydrogens (tertiary/aromatic N) is 2. The van der Waals surface area contributed by atoms with Crippen LogP contribution < -0.4 is 5.32 Å². The molecule has 0 spiro atoms. The van der Waals surface area contributed by atoms with Gasteiger partial charge in [0.05, 0.1) is 11.0 Å². The van der Waals surface area contributed by atoms with Crippen molar-refractivity contribution in [3.05, 3.63) is 39.9 Å². The van der Waals surface area contributed by atoms with Crippen LogP contribution in [0.15, 0.2) is 24.3 Å². The first kappa shape index (κ1) is 18.7. The second-order valence-corrected chi connectivity index (χ2v) is 7.29. The first-order valence-electron chi connectivity index (χ1n) is 8.99. The van der Waals surface area contributed by atoms with Crippen LogP contribution in [0.25, 0.3) is 0 Å². The first-order valence-corrected chi connectivity index (χ1v) is 9.40. The summed E-state index contributed by atoms with van der Waals surface area (Å²) in [6.07, 6.45) is 5.80. The van der Waals surface area contributed by atoms with Crippen molar-refractivity contribution >= 4 is 28.9 Å². The number of carbonyl (C=O) groups excluding carboxylic acids is 1. The van der Waals surface area contributed by atoms with E-state index in [1.54, 1.807) is 6.07 Å². The maximum Gasteiger partial charge on any atom is 0.270 e. The van der Waals surface area contributed by atoms with Gasteiger partial charge in [-0.2, -0.15) is 0 Å². The Hall–Kier alpha value is -2.06. The molecule has 2 aliphatic rings. The minimum absolute atomic E-state index is 0.116. The van der Waals surface area contributed by atoms with Gasteiger partial charge in [0.1, 0.15) is 0 Å². The molecule has 0 radical (unpaired) electrons. The third kappa shape index (κ3) is 4.76. The van der Waals surface area contributed by atoms with Crippen molar-refractivity contribution in [3.63, 3.8) is 0 Å². The Balaban J connectivity index is 1.64. The molecule has 1 aliphatic carbocycles. The molecule has 0 unspecified atom stereocenters. The molecule has 1 N–H and O–H groups in total. The van der Waals surface area contributed by atoms with Gasteiger partial charge >= 0.3 is 0 Å². The van der Waals surface area contributed by atoms with Gasteiger partial charge in [-0.05, 0) is 49.9 Å². The number of nitrogens with one attached hydrogen (secondary N) is 1. The van der Waals surface area contributed by atoms with Gasteiger partial charge in [0.2, 0.25) is 0 Å². The summed E-state index contributed by atoms with van der Waals surface area (Å²) in [4.78, 5) is 24.8. The molecule has 1 aromatic carbocycles. The van der Waals surface area contributed by atoms with Gasteiger partial charge in [0.25, 0.3) is 11.6 Å². The van der Waals surface area contributed by atoms with Gasteiger partial charge in [-0.25, -0.2) is 0 Å².